The van der Waals surface area contributed by atoms with E-state index in [1.165, 1.54) is 12.1 Å². The first-order chi connectivity index (χ1) is 10.6. The van der Waals surface area contributed by atoms with Gasteiger partial charge in [-0.2, -0.15) is 0 Å². The third kappa shape index (κ3) is 3.09. The van der Waals surface area contributed by atoms with E-state index in [2.05, 4.69) is 0 Å². The van der Waals surface area contributed by atoms with Crippen LogP contribution in [0.25, 0.3) is 11.1 Å². The standard InChI is InChI=1S/C17H16O5/c1-3-22-17(20)14-6-4-5-13(16(18)19)15(14)11-7-9-12(21-2)10-8-11/h4-10H,3H2,1-2H3,(H,18,19). The van der Waals surface area contributed by atoms with Gasteiger partial charge in [0.1, 0.15) is 5.75 Å². The molecule has 0 aliphatic rings. The molecule has 2 aromatic carbocycles. The fourth-order valence-corrected chi connectivity index (χ4v) is 2.18. The molecule has 0 fully saturated rings. The minimum Gasteiger partial charge on any atom is -0.497 e. The van der Waals surface area contributed by atoms with Crippen molar-refractivity contribution in [3.63, 3.8) is 0 Å². The number of hydrogen-bond donors (Lipinski definition) is 1. The number of hydrogen-bond acceptors (Lipinski definition) is 4. The van der Waals surface area contributed by atoms with E-state index in [0.29, 0.717) is 16.9 Å². The summed E-state index contributed by atoms with van der Waals surface area (Å²) >= 11 is 0. The van der Waals surface area contributed by atoms with Gasteiger partial charge >= 0.3 is 11.9 Å². The van der Waals surface area contributed by atoms with Crippen molar-refractivity contribution >= 4 is 11.9 Å². The molecule has 114 valence electrons. The summed E-state index contributed by atoms with van der Waals surface area (Å²) in [5.74, 6) is -0.998. The maximum Gasteiger partial charge on any atom is 0.338 e. The molecule has 2 aromatic rings. The maximum atomic E-state index is 12.1. The van der Waals surface area contributed by atoms with Crippen LogP contribution in [-0.2, 0) is 4.74 Å². The molecule has 0 spiro atoms. The number of aromatic carboxylic acids is 1. The molecule has 0 aliphatic carbocycles. The lowest BCUT2D eigenvalue weighted by atomic mass is 9.94. The Kier molecular flexibility index (Phi) is 4.78. The van der Waals surface area contributed by atoms with Gasteiger partial charge in [0.05, 0.1) is 24.8 Å². The van der Waals surface area contributed by atoms with Crippen LogP contribution in [0.5, 0.6) is 5.75 Å². The van der Waals surface area contributed by atoms with Gasteiger partial charge in [-0.05, 0) is 36.8 Å². The zero-order valence-corrected chi connectivity index (χ0v) is 12.3. The Morgan fingerprint density at radius 3 is 2.23 bits per heavy atom. The summed E-state index contributed by atoms with van der Waals surface area (Å²) in [7, 11) is 1.55. The number of carbonyl (C=O) groups is 2. The predicted molar refractivity (Wildman–Crippen MR) is 81.3 cm³/mol. The highest BCUT2D eigenvalue weighted by molar-refractivity contribution is 6.05. The first kappa shape index (κ1) is 15.6. The first-order valence-corrected chi connectivity index (χ1v) is 6.76. The molecule has 0 bridgehead atoms. The molecule has 0 heterocycles. The molecule has 0 aromatic heterocycles. The number of esters is 1. The average Bonchev–Trinajstić information content (AvgIpc) is 2.54. The Balaban J connectivity index is 2.63. The monoisotopic (exact) mass is 300 g/mol. The van der Waals surface area contributed by atoms with Gasteiger partial charge in [0, 0.05) is 5.56 Å². The number of ether oxygens (including phenoxy) is 2. The first-order valence-electron chi connectivity index (χ1n) is 6.76. The molecule has 0 atom stereocenters. The number of carbonyl (C=O) groups excluding carboxylic acids is 1. The van der Waals surface area contributed by atoms with Crippen molar-refractivity contribution in [2.45, 2.75) is 6.92 Å². The predicted octanol–water partition coefficient (Wildman–Crippen LogP) is 3.24. The van der Waals surface area contributed by atoms with Gasteiger partial charge in [-0.15, -0.1) is 0 Å². The summed E-state index contributed by atoms with van der Waals surface area (Å²) in [6.07, 6.45) is 0. The van der Waals surface area contributed by atoms with E-state index < -0.39 is 11.9 Å². The Hall–Kier alpha value is -2.82. The number of carboxylic acid groups (broad SMARTS) is 1. The lowest BCUT2D eigenvalue weighted by molar-refractivity contribution is 0.0527. The van der Waals surface area contributed by atoms with E-state index in [-0.39, 0.29) is 17.7 Å². The van der Waals surface area contributed by atoms with Crippen LogP contribution < -0.4 is 4.74 Å². The van der Waals surface area contributed by atoms with Gasteiger partial charge in [0.25, 0.3) is 0 Å². The highest BCUT2D eigenvalue weighted by Crippen LogP contribution is 2.30. The van der Waals surface area contributed by atoms with Gasteiger partial charge in [0.2, 0.25) is 0 Å². The van der Waals surface area contributed by atoms with Crippen LogP contribution >= 0.6 is 0 Å². The molecule has 2 rings (SSSR count). The molecule has 0 unspecified atom stereocenters. The van der Waals surface area contributed by atoms with E-state index >= 15 is 0 Å². The van der Waals surface area contributed by atoms with Crippen molar-refractivity contribution in [2.24, 2.45) is 0 Å². The molecule has 0 aliphatic heterocycles. The fourth-order valence-electron chi connectivity index (χ4n) is 2.18. The second-order valence-electron chi connectivity index (χ2n) is 4.48. The summed E-state index contributed by atoms with van der Waals surface area (Å²) in [5.41, 5.74) is 1.24. The van der Waals surface area contributed by atoms with Crippen LogP contribution in [0.15, 0.2) is 42.5 Å². The van der Waals surface area contributed by atoms with Crippen LogP contribution in [0.4, 0.5) is 0 Å². The molecule has 22 heavy (non-hydrogen) atoms. The Labute approximate surface area is 128 Å². The Morgan fingerprint density at radius 2 is 1.68 bits per heavy atom. The van der Waals surface area contributed by atoms with Gasteiger partial charge in [-0.25, -0.2) is 9.59 Å². The fraction of sp³-hybridized carbons (Fsp3) is 0.176. The zero-order chi connectivity index (χ0) is 16.1. The summed E-state index contributed by atoms with van der Waals surface area (Å²) in [5, 5.41) is 9.39. The smallest absolute Gasteiger partial charge is 0.338 e. The molecule has 5 heteroatoms. The van der Waals surface area contributed by atoms with Gasteiger partial charge in [0.15, 0.2) is 0 Å². The van der Waals surface area contributed by atoms with E-state index in [9.17, 15) is 14.7 Å². The lowest BCUT2D eigenvalue weighted by Gasteiger charge is -2.12. The number of carboxylic acids is 1. The summed E-state index contributed by atoms with van der Waals surface area (Å²) in [6.45, 7) is 1.92. The van der Waals surface area contributed by atoms with Crippen molar-refractivity contribution in [3.05, 3.63) is 53.6 Å². The van der Waals surface area contributed by atoms with Gasteiger partial charge in [-0.1, -0.05) is 18.2 Å². The van der Waals surface area contributed by atoms with Crippen LogP contribution in [0, 0.1) is 0 Å². The van der Waals surface area contributed by atoms with E-state index in [0.717, 1.165) is 0 Å². The molecule has 0 radical (unpaired) electrons. The van der Waals surface area contributed by atoms with Crippen LogP contribution in [0.3, 0.4) is 0 Å². The van der Waals surface area contributed by atoms with Crippen LogP contribution in [0.1, 0.15) is 27.6 Å². The third-order valence-corrected chi connectivity index (χ3v) is 3.17. The highest BCUT2D eigenvalue weighted by atomic mass is 16.5. The average molecular weight is 300 g/mol. The van der Waals surface area contributed by atoms with Crippen molar-refractivity contribution in [2.75, 3.05) is 13.7 Å². The minimum atomic E-state index is -1.10. The number of benzene rings is 2. The Bertz CT molecular complexity index is 689. The molecular formula is C17H16O5. The number of methoxy groups -OCH3 is 1. The second-order valence-corrected chi connectivity index (χ2v) is 4.48. The topological polar surface area (TPSA) is 72.8 Å². The lowest BCUT2D eigenvalue weighted by Crippen LogP contribution is -2.10. The van der Waals surface area contributed by atoms with E-state index in [1.54, 1.807) is 44.4 Å². The number of rotatable bonds is 5. The molecule has 0 amide bonds. The molecular weight excluding hydrogens is 284 g/mol. The molecule has 1 N–H and O–H groups in total. The largest absolute Gasteiger partial charge is 0.497 e. The third-order valence-electron chi connectivity index (χ3n) is 3.17. The van der Waals surface area contributed by atoms with E-state index in [1.807, 2.05) is 0 Å². The second kappa shape index (κ2) is 6.76. The molecule has 5 nitrogen and oxygen atoms in total. The zero-order valence-electron chi connectivity index (χ0n) is 12.3. The van der Waals surface area contributed by atoms with Gasteiger partial charge < -0.3 is 14.6 Å². The van der Waals surface area contributed by atoms with Crippen molar-refractivity contribution in [1.29, 1.82) is 0 Å². The van der Waals surface area contributed by atoms with Crippen molar-refractivity contribution in [3.8, 4) is 16.9 Å². The quantitative estimate of drug-likeness (QED) is 0.858. The summed E-state index contributed by atoms with van der Waals surface area (Å²) in [6, 6.07) is 11.4. The van der Waals surface area contributed by atoms with Crippen LogP contribution in [-0.4, -0.2) is 30.8 Å². The molecule has 0 saturated carbocycles. The Morgan fingerprint density at radius 1 is 1.05 bits per heavy atom. The maximum absolute atomic E-state index is 12.1. The van der Waals surface area contributed by atoms with Crippen molar-refractivity contribution < 1.29 is 24.2 Å². The molecule has 0 saturated heterocycles. The minimum absolute atomic E-state index is 0.0516. The SMILES string of the molecule is CCOC(=O)c1cccc(C(=O)O)c1-c1ccc(OC)cc1. The highest BCUT2D eigenvalue weighted by Gasteiger charge is 2.20. The summed E-state index contributed by atoms with van der Waals surface area (Å²) in [4.78, 5) is 23.6. The summed E-state index contributed by atoms with van der Waals surface area (Å²) < 4.78 is 10.1. The van der Waals surface area contributed by atoms with Crippen molar-refractivity contribution in [1.82, 2.24) is 0 Å². The van der Waals surface area contributed by atoms with E-state index in [4.69, 9.17) is 9.47 Å². The van der Waals surface area contributed by atoms with Gasteiger partial charge in [-0.3, -0.25) is 0 Å². The normalized spacial score (nSPS) is 10.1. The van der Waals surface area contributed by atoms with Crippen LogP contribution in [0.2, 0.25) is 0 Å².